The van der Waals surface area contributed by atoms with Crippen LogP contribution < -0.4 is 0 Å². The number of fused-ring (bicyclic) bond motifs is 7. The van der Waals surface area contributed by atoms with E-state index < -0.39 is 120 Å². The number of ether oxygens (including phenoxy) is 4. The van der Waals surface area contributed by atoms with Crippen molar-refractivity contribution in [1.29, 1.82) is 0 Å². The van der Waals surface area contributed by atoms with Gasteiger partial charge >= 0.3 is 11.9 Å². The second-order valence-corrected chi connectivity index (χ2v) is 20.7. The van der Waals surface area contributed by atoms with Gasteiger partial charge in [-0.2, -0.15) is 0 Å². The van der Waals surface area contributed by atoms with E-state index in [0.29, 0.717) is 38.5 Å². The number of carboxylic acid groups (broad SMARTS) is 1. The molecule has 6 fully saturated rings. The highest BCUT2D eigenvalue weighted by Crippen LogP contribution is 2.76. The summed E-state index contributed by atoms with van der Waals surface area (Å²) in [7, 11) is 0. The maximum atomic E-state index is 14.6. The standard InChI is InChI=1S/C42H66O15/c1-37(2)14-16-42(36(53)57-34-29(48)26(45)25(44)20(18-43)54-34)17-15-40(6)19(24(42)32(37)50)8-9-22-39(5)12-11-23(38(3,4)21(39)10-13-41(22,40)7)55-35-30(49)27(46)28(47)31(56-35)33(51)52/h8,20-32,34-35,43-50H,9-18H2,1-7H3,(H,51,52)/t20-,21+,22-,23+,24-,25-,26+,27+,28+,29-,30-,31+,32+,34+,35-,39+,40-,41-,42+/m1/s1. The highest BCUT2D eigenvalue weighted by atomic mass is 16.7. The summed E-state index contributed by atoms with van der Waals surface area (Å²) in [4.78, 5) is 26.4. The number of carbonyl (C=O) groups excluding carboxylic acids is 1. The lowest BCUT2D eigenvalue weighted by Crippen LogP contribution is -2.67. The lowest BCUT2D eigenvalue weighted by Gasteiger charge is -2.71. The Morgan fingerprint density at radius 3 is 2.02 bits per heavy atom. The maximum absolute atomic E-state index is 14.6. The lowest BCUT2D eigenvalue weighted by atomic mass is 9.33. The second-order valence-electron chi connectivity index (χ2n) is 20.7. The molecule has 324 valence electrons. The Morgan fingerprint density at radius 2 is 1.37 bits per heavy atom. The SMILES string of the molecule is CC1(C)CC[C@]2(C(=O)O[C@@H]3O[C@H](CO)[C@@H](O)[C@H](O)[C@H]3O)CC[C@]3(C)C(=CC[C@@H]4[C@@]5(C)CC[C@H](O[C@@H]6O[C@H](C(=O)O)[C@@H](O)[C@H](O)[C@H]6O)C(C)(C)[C@@H]5CC[C@]43C)[C@@H]2[C@@H]1O. The molecule has 2 heterocycles. The van der Waals surface area contributed by atoms with E-state index in [1.165, 1.54) is 0 Å². The van der Waals surface area contributed by atoms with Gasteiger partial charge in [0, 0.05) is 5.92 Å². The van der Waals surface area contributed by atoms with Crippen LogP contribution in [0.1, 0.15) is 106 Å². The van der Waals surface area contributed by atoms with Crippen molar-refractivity contribution < 1.29 is 74.5 Å². The van der Waals surface area contributed by atoms with Crippen molar-refractivity contribution in [1.82, 2.24) is 0 Å². The van der Waals surface area contributed by atoms with Gasteiger partial charge in [-0.25, -0.2) is 4.79 Å². The summed E-state index contributed by atoms with van der Waals surface area (Å²) in [6.45, 7) is 14.7. The Morgan fingerprint density at radius 1 is 0.737 bits per heavy atom. The fraction of sp³-hybridized carbons (Fsp3) is 0.905. The van der Waals surface area contributed by atoms with Crippen LogP contribution in [0.25, 0.3) is 0 Å². The molecule has 19 atom stereocenters. The molecule has 9 N–H and O–H groups in total. The van der Waals surface area contributed by atoms with Gasteiger partial charge in [-0.1, -0.05) is 60.1 Å². The van der Waals surface area contributed by atoms with Crippen LogP contribution >= 0.6 is 0 Å². The molecule has 0 spiro atoms. The molecular formula is C42H66O15. The molecule has 0 unspecified atom stereocenters. The van der Waals surface area contributed by atoms with Crippen molar-refractivity contribution in [3.05, 3.63) is 11.6 Å². The number of hydrogen-bond donors (Lipinski definition) is 9. The van der Waals surface area contributed by atoms with Crippen LogP contribution in [-0.2, 0) is 28.5 Å². The van der Waals surface area contributed by atoms with E-state index >= 15 is 0 Å². The molecule has 2 aliphatic heterocycles. The van der Waals surface area contributed by atoms with Crippen LogP contribution in [0.5, 0.6) is 0 Å². The lowest BCUT2D eigenvalue weighted by molar-refractivity contribution is -0.324. The van der Waals surface area contributed by atoms with Gasteiger partial charge in [0.05, 0.1) is 24.2 Å². The molecule has 0 radical (unpaired) electrons. The number of hydrogen-bond acceptors (Lipinski definition) is 14. The molecule has 0 aromatic heterocycles. The quantitative estimate of drug-likeness (QED) is 0.104. The van der Waals surface area contributed by atoms with Crippen molar-refractivity contribution in [2.24, 2.45) is 50.2 Å². The fourth-order valence-electron chi connectivity index (χ4n) is 13.5. The van der Waals surface area contributed by atoms with Gasteiger partial charge in [-0.05, 0) is 96.7 Å². The van der Waals surface area contributed by atoms with Crippen LogP contribution in [0.15, 0.2) is 11.6 Å². The smallest absolute Gasteiger partial charge is 0.335 e. The minimum absolute atomic E-state index is 0.155. The zero-order chi connectivity index (χ0) is 42.0. The van der Waals surface area contributed by atoms with Gasteiger partial charge in [0.25, 0.3) is 0 Å². The van der Waals surface area contributed by atoms with E-state index in [1.807, 2.05) is 13.8 Å². The van der Waals surface area contributed by atoms with Crippen LogP contribution in [-0.4, -0.2) is 138 Å². The molecule has 15 nitrogen and oxygen atoms in total. The first-order chi connectivity index (χ1) is 26.4. The Bertz CT molecular complexity index is 1600. The molecule has 0 aromatic carbocycles. The van der Waals surface area contributed by atoms with E-state index in [2.05, 4.69) is 40.7 Å². The number of rotatable bonds is 6. The van der Waals surface area contributed by atoms with Gasteiger partial charge in [0.1, 0.15) is 42.7 Å². The number of carboxylic acids is 1. The highest BCUT2D eigenvalue weighted by Gasteiger charge is 2.71. The number of allylic oxidation sites excluding steroid dienone is 1. The van der Waals surface area contributed by atoms with Gasteiger partial charge in [0.15, 0.2) is 12.4 Å². The van der Waals surface area contributed by atoms with Crippen molar-refractivity contribution in [2.45, 2.75) is 180 Å². The number of aliphatic carboxylic acids is 1. The molecule has 0 bridgehead atoms. The topological polar surface area (TPSA) is 253 Å². The molecule has 2 saturated heterocycles. The second kappa shape index (κ2) is 14.4. The Balaban J connectivity index is 1.18. The Kier molecular flexibility index (Phi) is 11.0. The molecule has 7 rings (SSSR count). The third-order valence-corrected chi connectivity index (χ3v) is 17.4. The predicted molar refractivity (Wildman–Crippen MR) is 199 cm³/mol. The zero-order valence-corrected chi connectivity index (χ0v) is 34.3. The number of aliphatic hydroxyl groups excluding tert-OH is 8. The van der Waals surface area contributed by atoms with Crippen molar-refractivity contribution in [3.63, 3.8) is 0 Å². The first kappa shape index (κ1) is 43.3. The molecular weight excluding hydrogens is 744 g/mol. The van der Waals surface area contributed by atoms with Gasteiger partial charge in [0.2, 0.25) is 6.29 Å². The largest absolute Gasteiger partial charge is 0.479 e. The van der Waals surface area contributed by atoms with Crippen LogP contribution in [0.3, 0.4) is 0 Å². The minimum Gasteiger partial charge on any atom is -0.479 e. The predicted octanol–water partition coefficient (Wildman–Crippen LogP) is 1.38. The molecule has 0 amide bonds. The molecule has 7 aliphatic rings. The van der Waals surface area contributed by atoms with Gasteiger partial charge in [-0.15, -0.1) is 0 Å². The summed E-state index contributed by atoms with van der Waals surface area (Å²) in [5.74, 6) is -2.32. The summed E-state index contributed by atoms with van der Waals surface area (Å²) >= 11 is 0. The van der Waals surface area contributed by atoms with Crippen molar-refractivity contribution in [2.75, 3.05) is 6.61 Å². The Labute approximate surface area is 334 Å². The van der Waals surface area contributed by atoms with Crippen LogP contribution in [0, 0.1) is 50.2 Å². The number of aliphatic hydroxyl groups is 8. The third kappa shape index (κ3) is 6.22. The summed E-state index contributed by atoms with van der Waals surface area (Å²) in [6.07, 6.45) is -9.52. The van der Waals surface area contributed by atoms with Crippen molar-refractivity contribution >= 4 is 11.9 Å². The van der Waals surface area contributed by atoms with Crippen LogP contribution in [0.2, 0.25) is 0 Å². The van der Waals surface area contributed by atoms with E-state index in [4.69, 9.17) is 18.9 Å². The molecule has 4 saturated carbocycles. The average molecular weight is 811 g/mol. The molecule has 57 heavy (non-hydrogen) atoms. The third-order valence-electron chi connectivity index (χ3n) is 17.4. The van der Waals surface area contributed by atoms with E-state index in [1.54, 1.807) is 0 Å². The summed E-state index contributed by atoms with van der Waals surface area (Å²) < 4.78 is 23.4. The number of carbonyl (C=O) groups is 2. The highest BCUT2D eigenvalue weighted by molar-refractivity contribution is 5.79. The monoisotopic (exact) mass is 810 g/mol. The van der Waals surface area contributed by atoms with Crippen LogP contribution in [0.4, 0.5) is 0 Å². The normalized spacial score (nSPS) is 52.9. The van der Waals surface area contributed by atoms with Crippen molar-refractivity contribution in [3.8, 4) is 0 Å². The molecule has 5 aliphatic carbocycles. The first-order valence-electron chi connectivity index (χ1n) is 20.9. The van der Waals surface area contributed by atoms with Gasteiger partial charge in [-0.3, -0.25) is 4.79 Å². The zero-order valence-electron chi connectivity index (χ0n) is 34.3. The minimum atomic E-state index is -1.81. The van der Waals surface area contributed by atoms with E-state index in [-0.39, 0.29) is 22.7 Å². The fourth-order valence-corrected chi connectivity index (χ4v) is 13.5. The maximum Gasteiger partial charge on any atom is 0.335 e. The molecule has 0 aromatic rings. The number of esters is 1. The van der Waals surface area contributed by atoms with E-state index in [9.17, 15) is 55.5 Å². The van der Waals surface area contributed by atoms with E-state index in [0.717, 1.165) is 24.8 Å². The summed E-state index contributed by atoms with van der Waals surface area (Å²) in [6, 6.07) is 0. The Hall–Kier alpha value is -1.76. The first-order valence-corrected chi connectivity index (χ1v) is 20.9. The van der Waals surface area contributed by atoms with Gasteiger partial charge < -0.3 is 64.9 Å². The average Bonchev–Trinajstić information content (AvgIpc) is 3.14. The summed E-state index contributed by atoms with van der Waals surface area (Å²) in [5, 5.41) is 94.8. The summed E-state index contributed by atoms with van der Waals surface area (Å²) in [5.41, 5.74) is -1.89. The molecule has 15 heteroatoms.